The number of imide groups is 1. The van der Waals surface area contributed by atoms with Crippen molar-refractivity contribution in [2.45, 2.75) is 13.3 Å². The standard InChI is InChI=1S/C14H17N3O2S/c1-2-10-3-5-11(6-4-10)16-8-13(18)17(7-12(15)20)14(19)9-16/h3-6H,2,7-9H2,1H3,(H2,15,20). The van der Waals surface area contributed by atoms with Crippen molar-refractivity contribution in [1.29, 1.82) is 0 Å². The van der Waals surface area contributed by atoms with Crippen molar-refractivity contribution in [2.24, 2.45) is 5.73 Å². The lowest BCUT2D eigenvalue weighted by atomic mass is 10.1. The lowest BCUT2D eigenvalue weighted by molar-refractivity contribution is -0.144. The summed E-state index contributed by atoms with van der Waals surface area (Å²) < 4.78 is 0. The van der Waals surface area contributed by atoms with Crippen molar-refractivity contribution < 1.29 is 9.59 Å². The summed E-state index contributed by atoms with van der Waals surface area (Å²) in [5.41, 5.74) is 7.49. The molecule has 1 saturated heterocycles. The molecular formula is C14H17N3O2S. The number of aryl methyl sites for hydroxylation is 1. The van der Waals surface area contributed by atoms with Gasteiger partial charge in [-0.05, 0) is 24.1 Å². The van der Waals surface area contributed by atoms with Gasteiger partial charge in [-0.25, -0.2) is 0 Å². The summed E-state index contributed by atoms with van der Waals surface area (Å²) in [6, 6.07) is 7.88. The molecule has 1 aromatic rings. The molecule has 0 spiro atoms. The van der Waals surface area contributed by atoms with Crippen LogP contribution in [-0.4, -0.2) is 41.3 Å². The van der Waals surface area contributed by atoms with E-state index in [2.05, 4.69) is 6.92 Å². The highest BCUT2D eigenvalue weighted by Crippen LogP contribution is 2.18. The Kier molecular flexibility index (Phi) is 4.34. The number of nitrogens with zero attached hydrogens (tertiary/aromatic N) is 2. The fourth-order valence-electron chi connectivity index (χ4n) is 2.15. The molecule has 0 radical (unpaired) electrons. The summed E-state index contributed by atoms with van der Waals surface area (Å²) in [5, 5.41) is 0. The molecule has 0 bridgehead atoms. The Morgan fingerprint density at radius 3 is 2.20 bits per heavy atom. The number of anilines is 1. The third-order valence-corrected chi connectivity index (χ3v) is 3.41. The molecule has 0 aliphatic carbocycles. The van der Waals surface area contributed by atoms with Gasteiger partial charge in [-0.2, -0.15) is 0 Å². The van der Waals surface area contributed by atoms with Crippen LogP contribution in [0.1, 0.15) is 12.5 Å². The van der Waals surface area contributed by atoms with E-state index in [1.807, 2.05) is 24.3 Å². The number of nitrogens with two attached hydrogens (primary N) is 1. The number of benzene rings is 1. The summed E-state index contributed by atoms with van der Waals surface area (Å²) >= 11 is 4.75. The van der Waals surface area contributed by atoms with Crippen molar-refractivity contribution in [3.05, 3.63) is 29.8 Å². The third kappa shape index (κ3) is 3.14. The van der Waals surface area contributed by atoms with Crippen molar-refractivity contribution in [3.63, 3.8) is 0 Å². The van der Waals surface area contributed by atoms with Crippen molar-refractivity contribution >= 4 is 34.7 Å². The quantitative estimate of drug-likeness (QED) is 0.654. The Morgan fingerprint density at radius 2 is 1.75 bits per heavy atom. The van der Waals surface area contributed by atoms with Crippen molar-refractivity contribution in [2.75, 3.05) is 24.5 Å². The number of hydrogen-bond donors (Lipinski definition) is 1. The molecule has 0 unspecified atom stereocenters. The Morgan fingerprint density at radius 1 is 1.20 bits per heavy atom. The number of carbonyl (C=O) groups excluding carboxylic acids is 2. The maximum absolute atomic E-state index is 12.0. The molecule has 1 heterocycles. The summed E-state index contributed by atoms with van der Waals surface area (Å²) in [4.78, 5) is 27.0. The second-order valence-corrected chi connectivity index (χ2v) is 5.24. The minimum absolute atomic E-state index is 0.0234. The molecule has 2 N–H and O–H groups in total. The summed E-state index contributed by atoms with van der Waals surface area (Å²) in [5.74, 6) is -0.540. The van der Waals surface area contributed by atoms with E-state index in [0.29, 0.717) is 0 Å². The number of piperazine rings is 1. The van der Waals surface area contributed by atoms with Gasteiger partial charge in [0.25, 0.3) is 0 Å². The van der Waals surface area contributed by atoms with Gasteiger partial charge in [0.05, 0.1) is 24.6 Å². The van der Waals surface area contributed by atoms with Crippen LogP contribution in [-0.2, 0) is 16.0 Å². The summed E-state index contributed by atoms with van der Waals surface area (Å²) in [6.07, 6.45) is 0.958. The Balaban J connectivity index is 2.11. The largest absolute Gasteiger partial charge is 0.392 e. The smallest absolute Gasteiger partial charge is 0.249 e. The first-order valence-corrected chi connectivity index (χ1v) is 6.87. The minimum atomic E-state index is -0.270. The van der Waals surface area contributed by atoms with E-state index in [0.717, 1.165) is 17.0 Å². The summed E-state index contributed by atoms with van der Waals surface area (Å²) in [7, 11) is 0. The lowest BCUT2D eigenvalue weighted by Gasteiger charge is -2.33. The van der Waals surface area contributed by atoms with Gasteiger partial charge in [0.1, 0.15) is 0 Å². The predicted molar refractivity (Wildman–Crippen MR) is 81.5 cm³/mol. The molecule has 2 amide bonds. The van der Waals surface area contributed by atoms with Crippen LogP contribution in [0.5, 0.6) is 0 Å². The van der Waals surface area contributed by atoms with Crippen LogP contribution in [0.4, 0.5) is 5.69 Å². The van der Waals surface area contributed by atoms with Crippen LogP contribution in [0, 0.1) is 0 Å². The normalized spacial score (nSPS) is 15.7. The molecule has 1 aliphatic rings. The van der Waals surface area contributed by atoms with Gasteiger partial charge in [0.15, 0.2) is 0 Å². The van der Waals surface area contributed by atoms with Crippen LogP contribution in [0.3, 0.4) is 0 Å². The molecular weight excluding hydrogens is 274 g/mol. The average Bonchev–Trinajstić information content (AvgIpc) is 2.42. The van der Waals surface area contributed by atoms with Gasteiger partial charge in [0, 0.05) is 5.69 Å². The van der Waals surface area contributed by atoms with Crippen molar-refractivity contribution in [1.82, 2.24) is 4.90 Å². The Hall–Kier alpha value is -1.95. The maximum Gasteiger partial charge on any atom is 0.249 e. The first kappa shape index (κ1) is 14.5. The molecule has 5 nitrogen and oxygen atoms in total. The van der Waals surface area contributed by atoms with Crippen LogP contribution in [0.15, 0.2) is 24.3 Å². The number of thiocarbonyl (C=S) groups is 1. The van der Waals surface area contributed by atoms with Crippen LogP contribution < -0.4 is 10.6 Å². The van der Waals surface area contributed by atoms with Gasteiger partial charge in [-0.3, -0.25) is 14.5 Å². The van der Waals surface area contributed by atoms with Gasteiger partial charge in [-0.1, -0.05) is 31.3 Å². The molecule has 106 valence electrons. The van der Waals surface area contributed by atoms with E-state index >= 15 is 0 Å². The SMILES string of the molecule is CCc1ccc(N2CC(=O)N(CC(N)=S)C(=O)C2)cc1. The van der Waals surface area contributed by atoms with E-state index in [1.54, 1.807) is 4.90 Å². The van der Waals surface area contributed by atoms with Gasteiger partial charge < -0.3 is 10.6 Å². The highest BCUT2D eigenvalue weighted by Gasteiger charge is 2.31. The molecule has 1 aliphatic heterocycles. The van der Waals surface area contributed by atoms with Gasteiger partial charge in [0.2, 0.25) is 11.8 Å². The Labute approximate surface area is 123 Å². The Bertz CT molecular complexity index is 524. The van der Waals surface area contributed by atoms with Crippen LogP contribution in [0.25, 0.3) is 0 Å². The lowest BCUT2D eigenvalue weighted by Crippen LogP contribution is -2.55. The third-order valence-electron chi connectivity index (χ3n) is 3.28. The second kappa shape index (κ2) is 6.00. The fourth-order valence-corrected chi connectivity index (χ4v) is 2.28. The van der Waals surface area contributed by atoms with Crippen LogP contribution >= 0.6 is 12.2 Å². The molecule has 20 heavy (non-hydrogen) atoms. The van der Waals surface area contributed by atoms with Crippen molar-refractivity contribution in [3.8, 4) is 0 Å². The number of rotatable bonds is 4. The van der Waals surface area contributed by atoms with E-state index in [-0.39, 0.29) is 36.4 Å². The highest BCUT2D eigenvalue weighted by molar-refractivity contribution is 7.80. The van der Waals surface area contributed by atoms with E-state index < -0.39 is 0 Å². The minimum Gasteiger partial charge on any atom is -0.392 e. The molecule has 6 heteroatoms. The van der Waals surface area contributed by atoms with Gasteiger partial charge in [-0.15, -0.1) is 0 Å². The average molecular weight is 291 g/mol. The second-order valence-electron chi connectivity index (χ2n) is 4.72. The predicted octanol–water partition coefficient (Wildman–Crippen LogP) is 0.710. The zero-order valence-electron chi connectivity index (χ0n) is 11.3. The van der Waals surface area contributed by atoms with E-state index in [1.165, 1.54) is 5.56 Å². The molecule has 2 rings (SSSR count). The zero-order chi connectivity index (χ0) is 14.7. The number of amides is 2. The summed E-state index contributed by atoms with van der Waals surface area (Å²) in [6.45, 7) is 2.44. The van der Waals surface area contributed by atoms with Gasteiger partial charge >= 0.3 is 0 Å². The van der Waals surface area contributed by atoms with E-state index in [9.17, 15) is 9.59 Å². The molecule has 0 aromatic heterocycles. The zero-order valence-corrected chi connectivity index (χ0v) is 12.2. The molecule has 0 saturated carbocycles. The number of carbonyl (C=O) groups is 2. The van der Waals surface area contributed by atoms with Crippen LogP contribution in [0.2, 0.25) is 0 Å². The topological polar surface area (TPSA) is 66.6 Å². The monoisotopic (exact) mass is 291 g/mol. The van der Waals surface area contributed by atoms with E-state index in [4.69, 9.17) is 18.0 Å². The molecule has 1 aromatic carbocycles. The first-order valence-electron chi connectivity index (χ1n) is 6.46. The first-order chi connectivity index (χ1) is 9.51. The number of hydrogen-bond acceptors (Lipinski definition) is 4. The maximum atomic E-state index is 12.0. The highest BCUT2D eigenvalue weighted by atomic mass is 32.1. The molecule has 1 fully saturated rings. The molecule has 0 atom stereocenters. The fraction of sp³-hybridized carbons (Fsp3) is 0.357.